The third-order valence-electron chi connectivity index (χ3n) is 3.01. The summed E-state index contributed by atoms with van der Waals surface area (Å²) < 4.78 is 0. The van der Waals surface area contributed by atoms with Gasteiger partial charge in [-0.1, -0.05) is 35.9 Å². The number of halogens is 1. The molecule has 3 rings (SSSR count). The molecule has 4 heteroatoms. The van der Waals surface area contributed by atoms with Gasteiger partial charge in [0, 0.05) is 21.7 Å². The number of hydrogen-bond donors (Lipinski definition) is 0. The largest absolute Gasteiger partial charge is 0.228 e. The van der Waals surface area contributed by atoms with Gasteiger partial charge in [0.05, 0.1) is 5.52 Å². The summed E-state index contributed by atoms with van der Waals surface area (Å²) in [5.41, 5.74) is 1.91. The molecule has 0 radical (unpaired) electrons. The third-order valence-corrected chi connectivity index (χ3v) is 4.25. The van der Waals surface area contributed by atoms with E-state index in [1.165, 1.54) is 0 Å². The summed E-state index contributed by atoms with van der Waals surface area (Å²) in [6.45, 7) is 3.77. The van der Waals surface area contributed by atoms with E-state index in [4.69, 9.17) is 16.6 Å². The van der Waals surface area contributed by atoms with Gasteiger partial charge >= 0.3 is 0 Å². The molecule has 0 spiro atoms. The number of rotatable bonds is 4. The van der Waals surface area contributed by atoms with E-state index in [1.807, 2.05) is 54.6 Å². The van der Waals surface area contributed by atoms with Crippen LogP contribution in [0.1, 0.15) is 0 Å². The maximum Gasteiger partial charge on any atom is 0.161 e. The van der Waals surface area contributed by atoms with Crippen molar-refractivity contribution in [1.82, 2.24) is 9.97 Å². The lowest BCUT2D eigenvalue weighted by molar-refractivity contribution is 1.11. The minimum Gasteiger partial charge on any atom is -0.228 e. The van der Waals surface area contributed by atoms with Crippen LogP contribution in [0.25, 0.3) is 22.3 Å². The zero-order valence-electron chi connectivity index (χ0n) is 11.3. The molecule has 0 atom stereocenters. The fraction of sp³-hybridized carbons (Fsp3) is 0.0588. The third kappa shape index (κ3) is 3.09. The number of aromatic nitrogens is 2. The highest BCUT2D eigenvalue weighted by Gasteiger charge is 2.09. The van der Waals surface area contributed by atoms with Crippen LogP contribution in [0.15, 0.2) is 66.2 Å². The maximum absolute atomic E-state index is 5.94. The molecule has 0 saturated carbocycles. The van der Waals surface area contributed by atoms with Gasteiger partial charge in [-0.25, -0.2) is 9.97 Å². The van der Waals surface area contributed by atoms with Crippen molar-refractivity contribution in [3.63, 3.8) is 0 Å². The average Bonchev–Trinajstić information content (AvgIpc) is 2.53. The van der Waals surface area contributed by atoms with E-state index >= 15 is 0 Å². The Morgan fingerprint density at radius 2 is 1.81 bits per heavy atom. The van der Waals surface area contributed by atoms with Gasteiger partial charge in [0.1, 0.15) is 5.03 Å². The highest BCUT2D eigenvalue weighted by molar-refractivity contribution is 7.99. The molecule has 21 heavy (non-hydrogen) atoms. The first-order valence-electron chi connectivity index (χ1n) is 6.54. The van der Waals surface area contributed by atoms with E-state index in [9.17, 15) is 0 Å². The first-order chi connectivity index (χ1) is 10.3. The molecule has 0 aliphatic heterocycles. The smallest absolute Gasteiger partial charge is 0.161 e. The number of nitrogens with zero attached hydrogens (tertiary/aromatic N) is 2. The number of fused-ring (bicyclic) bond motifs is 1. The molecule has 2 aromatic carbocycles. The Hall–Kier alpha value is -1.84. The van der Waals surface area contributed by atoms with E-state index in [2.05, 4.69) is 11.6 Å². The Balaban J connectivity index is 2.14. The van der Waals surface area contributed by atoms with E-state index in [0.29, 0.717) is 5.02 Å². The standard InChI is InChI=1S/C17H13ClN2S/c1-2-11-21-17-14-5-3-4-6-15(14)19-16(20-17)12-7-9-13(18)10-8-12/h2-10H,1,11H2. The maximum atomic E-state index is 5.94. The molecule has 0 bridgehead atoms. The second-order valence-electron chi connectivity index (χ2n) is 4.48. The summed E-state index contributed by atoms with van der Waals surface area (Å²) in [6.07, 6.45) is 1.88. The molecule has 0 aliphatic rings. The molecule has 0 aliphatic carbocycles. The summed E-state index contributed by atoms with van der Waals surface area (Å²) in [7, 11) is 0. The first-order valence-corrected chi connectivity index (χ1v) is 7.90. The van der Waals surface area contributed by atoms with E-state index in [1.54, 1.807) is 11.8 Å². The van der Waals surface area contributed by atoms with Gasteiger partial charge in [0.25, 0.3) is 0 Å². The van der Waals surface area contributed by atoms with Crippen molar-refractivity contribution in [2.75, 3.05) is 5.75 Å². The average molecular weight is 313 g/mol. The van der Waals surface area contributed by atoms with Crippen molar-refractivity contribution in [3.05, 3.63) is 66.2 Å². The summed E-state index contributed by atoms with van der Waals surface area (Å²) in [6, 6.07) is 15.6. The van der Waals surface area contributed by atoms with E-state index < -0.39 is 0 Å². The molecule has 0 fully saturated rings. The van der Waals surface area contributed by atoms with Crippen LogP contribution in [0, 0.1) is 0 Å². The molecular weight excluding hydrogens is 300 g/mol. The lowest BCUT2D eigenvalue weighted by Crippen LogP contribution is -1.94. The molecule has 0 saturated heterocycles. The Bertz CT molecular complexity index is 784. The second-order valence-corrected chi connectivity index (χ2v) is 5.92. The molecule has 104 valence electrons. The van der Waals surface area contributed by atoms with Gasteiger partial charge in [-0.3, -0.25) is 0 Å². The summed E-state index contributed by atoms with van der Waals surface area (Å²) in [4.78, 5) is 9.35. The Kier molecular flexibility index (Phi) is 4.23. The lowest BCUT2D eigenvalue weighted by Gasteiger charge is -2.07. The van der Waals surface area contributed by atoms with Crippen molar-refractivity contribution in [2.45, 2.75) is 5.03 Å². The Morgan fingerprint density at radius 3 is 2.57 bits per heavy atom. The second kappa shape index (κ2) is 6.29. The summed E-state index contributed by atoms with van der Waals surface area (Å²) >= 11 is 7.60. The number of hydrogen-bond acceptors (Lipinski definition) is 3. The summed E-state index contributed by atoms with van der Waals surface area (Å²) in [5.74, 6) is 1.54. The molecule has 0 unspecified atom stereocenters. The molecule has 1 heterocycles. The van der Waals surface area contributed by atoms with Gasteiger partial charge in [0.2, 0.25) is 0 Å². The van der Waals surface area contributed by atoms with E-state index in [0.717, 1.165) is 33.1 Å². The van der Waals surface area contributed by atoms with Gasteiger partial charge in [-0.2, -0.15) is 0 Å². The van der Waals surface area contributed by atoms with Crippen LogP contribution in [0.3, 0.4) is 0 Å². The van der Waals surface area contributed by atoms with Crippen molar-refractivity contribution in [2.24, 2.45) is 0 Å². The molecular formula is C17H13ClN2S. The number of thioether (sulfide) groups is 1. The highest BCUT2D eigenvalue weighted by Crippen LogP contribution is 2.28. The van der Waals surface area contributed by atoms with Gasteiger partial charge in [-0.15, -0.1) is 18.3 Å². The van der Waals surface area contributed by atoms with Crippen LogP contribution >= 0.6 is 23.4 Å². The SMILES string of the molecule is C=CCSc1nc(-c2ccc(Cl)cc2)nc2ccccc12. The predicted molar refractivity (Wildman–Crippen MR) is 90.9 cm³/mol. The minimum atomic E-state index is 0.709. The Morgan fingerprint density at radius 1 is 1.05 bits per heavy atom. The number of benzene rings is 2. The van der Waals surface area contributed by atoms with Crippen molar-refractivity contribution >= 4 is 34.3 Å². The van der Waals surface area contributed by atoms with Crippen molar-refractivity contribution in [1.29, 1.82) is 0 Å². The topological polar surface area (TPSA) is 25.8 Å². The zero-order valence-corrected chi connectivity index (χ0v) is 12.9. The van der Waals surface area contributed by atoms with Crippen molar-refractivity contribution < 1.29 is 0 Å². The number of para-hydroxylation sites is 1. The quantitative estimate of drug-likeness (QED) is 0.375. The van der Waals surface area contributed by atoms with Crippen LogP contribution in [0.4, 0.5) is 0 Å². The fourth-order valence-corrected chi connectivity index (χ4v) is 2.90. The first kappa shape index (κ1) is 14.1. The van der Waals surface area contributed by atoms with Crippen LogP contribution < -0.4 is 0 Å². The molecule has 2 nitrogen and oxygen atoms in total. The van der Waals surface area contributed by atoms with Gasteiger partial charge < -0.3 is 0 Å². The minimum absolute atomic E-state index is 0.709. The molecule has 1 aromatic heterocycles. The molecule has 0 amide bonds. The predicted octanol–water partition coefficient (Wildman–Crippen LogP) is 5.23. The molecule has 0 N–H and O–H groups in total. The van der Waals surface area contributed by atoms with Crippen LogP contribution in [-0.4, -0.2) is 15.7 Å². The van der Waals surface area contributed by atoms with Crippen molar-refractivity contribution in [3.8, 4) is 11.4 Å². The Labute approximate surface area is 132 Å². The van der Waals surface area contributed by atoms with Gasteiger partial charge in [-0.05, 0) is 30.3 Å². The highest BCUT2D eigenvalue weighted by atomic mass is 35.5. The summed E-state index contributed by atoms with van der Waals surface area (Å²) in [5, 5.41) is 2.76. The molecule has 3 aromatic rings. The lowest BCUT2D eigenvalue weighted by atomic mass is 10.2. The van der Waals surface area contributed by atoms with E-state index in [-0.39, 0.29) is 0 Å². The van der Waals surface area contributed by atoms with Gasteiger partial charge in [0.15, 0.2) is 5.82 Å². The van der Waals surface area contributed by atoms with Crippen LogP contribution in [-0.2, 0) is 0 Å². The normalized spacial score (nSPS) is 10.7. The van der Waals surface area contributed by atoms with Crippen LogP contribution in [0.2, 0.25) is 5.02 Å². The monoisotopic (exact) mass is 312 g/mol. The fourth-order valence-electron chi connectivity index (χ4n) is 2.02. The zero-order chi connectivity index (χ0) is 14.7. The van der Waals surface area contributed by atoms with Crippen LogP contribution in [0.5, 0.6) is 0 Å².